The molecule has 0 aromatic heterocycles. The smallest absolute Gasteiger partial charge is 0.278 e. The van der Waals surface area contributed by atoms with Crippen LogP contribution >= 0.6 is 15.9 Å². The van der Waals surface area contributed by atoms with Gasteiger partial charge >= 0.3 is 0 Å². The Morgan fingerprint density at radius 2 is 1.70 bits per heavy atom. The highest BCUT2D eigenvalue weighted by molar-refractivity contribution is 9.10. The molecular formula is C15H12BrN3O4. The van der Waals surface area contributed by atoms with Crippen molar-refractivity contribution in [2.75, 3.05) is 13.1 Å². The van der Waals surface area contributed by atoms with E-state index in [-0.39, 0.29) is 17.6 Å². The van der Waals surface area contributed by atoms with Crippen molar-refractivity contribution in [2.24, 2.45) is 5.73 Å². The van der Waals surface area contributed by atoms with E-state index in [0.29, 0.717) is 34.0 Å². The monoisotopic (exact) mass is 377 g/mol. The van der Waals surface area contributed by atoms with Gasteiger partial charge in [0.1, 0.15) is 0 Å². The Balaban J connectivity index is 2.31. The highest BCUT2D eigenvalue weighted by Crippen LogP contribution is 2.39. The van der Waals surface area contributed by atoms with Gasteiger partial charge in [-0.2, -0.15) is 0 Å². The van der Waals surface area contributed by atoms with Gasteiger partial charge in [0, 0.05) is 33.6 Å². The molecule has 2 N–H and O–H groups in total. The summed E-state index contributed by atoms with van der Waals surface area (Å²) in [5.74, 6) is -0.900. The van der Waals surface area contributed by atoms with Crippen molar-refractivity contribution in [3.05, 3.63) is 50.0 Å². The molecular weight excluding hydrogens is 366 g/mol. The van der Waals surface area contributed by atoms with Gasteiger partial charge in [-0.1, -0.05) is 0 Å². The first-order valence-electron chi connectivity index (χ1n) is 6.93. The predicted octanol–water partition coefficient (Wildman–Crippen LogP) is 2.46. The number of carbonyl (C=O) groups is 2. The van der Waals surface area contributed by atoms with E-state index in [2.05, 4.69) is 15.9 Å². The van der Waals surface area contributed by atoms with Crippen LogP contribution in [0.25, 0.3) is 10.8 Å². The minimum atomic E-state index is -0.524. The minimum Gasteiger partial charge on any atom is -0.330 e. The van der Waals surface area contributed by atoms with E-state index in [4.69, 9.17) is 5.73 Å². The first-order valence-corrected chi connectivity index (χ1v) is 7.72. The second kappa shape index (κ2) is 5.71. The molecule has 2 amide bonds. The highest BCUT2D eigenvalue weighted by Gasteiger charge is 2.35. The number of amides is 2. The van der Waals surface area contributed by atoms with E-state index < -0.39 is 16.7 Å². The molecule has 0 spiro atoms. The summed E-state index contributed by atoms with van der Waals surface area (Å²) in [5.41, 5.74) is 5.89. The average Bonchev–Trinajstić information content (AvgIpc) is 2.53. The maximum absolute atomic E-state index is 12.6. The van der Waals surface area contributed by atoms with E-state index >= 15 is 0 Å². The lowest BCUT2D eigenvalue weighted by molar-refractivity contribution is -0.383. The maximum Gasteiger partial charge on any atom is 0.278 e. The summed E-state index contributed by atoms with van der Waals surface area (Å²) in [5, 5.41) is 11.9. The number of halogens is 1. The van der Waals surface area contributed by atoms with Gasteiger partial charge in [0.25, 0.3) is 17.5 Å². The Hall–Kier alpha value is -2.32. The predicted molar refractivity (Wildman–Crippen MR) is 87.3 cm³/mol. The molecule has 0 fully saturated rings. The van der Waals surface area contributed by atoms with Crippen LogP contribution in [-0.2, 0) is 0 Å². The molecule has 0 aliphatic carbocycles. The van der Waals surface area contributed by atoms with Crippen LogP contribution in [0, 0.1) is 10.1 Å². The van der Waals surface area contributed by atoms with Crippen molar-refractivity contribution in [1.82, 2.24) is 4.90 Å². The van der Waals surface area contributed by atoms with Crippen molar-refractivity contribution in [2.45, 2.75) is 6.42 Å². The molecule has 7 nitrogen and oxygen atoms in total. The normalized spacial score (nSPS) is 13.7. The van der Waals surface area contributed by atoms with Crippen LogP contribution in [0.15, 0.2) is 28.7 Å². The summed E-state index contributed by atoms with van der Waals surface area (Å²) in [6.45, 7) is 0.585. The van der Waals surface area contributed by atoms with Crippen LogP contribution in [0.2, 0.25) is 0 Å². The molecule has 1 heterocycles. The fourth-order valence-corrected chi connectivity index (χ4v) is 3.31. The number of carbonyl (C=O) groups excluding carboxylic acids is 2. The summed E-state index contributed by atoms with van der Waals surface area (Å²) in [6.07, 6.45) is 0.499. The average molecular weight is 378 g/mol. The van der Waals surface area contributed by atoms with E-state index in [9.17, 15) is 19.7 Å². The van der Waals surface area contributed by atoms with Crippen molar-refractivity contribution in [3.63, 3.8) is 0 Å². The molecule has 1 aliphatic rings. The van der Waals surface area contributed by atoms with Crippen molar-refractivity contribution < 1.29 is 14.5 Å². The lowest BCUT2D eigenvalue weighted by Crippen LogP contribution is -2.41. The quantitative estimate of drug-likeness (QED) is 0.500. The summed E-state index contributed by atoms with van der Waals surface area (Å²) in [6, 6.07) is 5.86. The van der Waals surface area contributed by atoms with Crippen molar-refractivity contribution >= 4 is 44.2 Å². The standard InChI is InChI=1S/C15H12BrN3O4/c16-10-4-2-8-12-9(3-5-11(13(10)12)19(22)23)15(21)18(14(8)20)7-1-6-17/h2-5H,1,6-7,17H2. The zero-order valence-corrected chi connectivity index (χ0v) is 13.5. The second-order valence-electron chi connectivity index (χ2n) is 5.14. The molecule has 0 unspecified atom stereocenters. The van der Waals surface area contributed by atoms with Gasteiger partial charge in [0.15, 0.2) is 0 Å². The summed E-state index contributed by atoms with van der Waals surface area (Å²) >= 11 is 3.28. The van der Waals surface area contributed by atoms with Crippen LogP contribution in [0.3, 0.4) is 0 Å². The van der Waals surface area contributed by atoms with Gasteiger partial charge in [0.05, 0.1) is 10.3 Å². The van der Waals surface area contributed by atoms with Crippen LogP contribution in [0.1, 0.15) is 27.1 Å². The zero-order valence-electron chi connectivity index (χ0n) is 11.9. The Bertz CT molecular complexity index is 843. The van der Waals surface area contributed by atoms with E-state index in [1.807, 2.05) is 0 Å². The molecule has 23 heavy (non-hydrogen) atoms. The molecule has 0 atom stereocenters. The van der Waals surface area contributed by atoms with E-state index in [0.717, 1.165) is 4.90 Å². The van der Waals surface area contributed by atoms with Crippen molar-refractivity contribution in [3.8, 4) is 0 Å². The summed E-state index contributed by atoms with van der Waals surface area (Å²) in [7, 11) is 0. The largest absolute Gasteiger partial charge is 0.330 e. The van der Waals surface area contributed by atoms with E-state index in [1.165, 1.54) is 12.1 Å². The zero-order chi connectivity index (χ0) is 16.7. The SMILES string of the molecule is NCCCN1C(=O)c2ccc(Br)c3c([N+](=O)[O-])ccc(c23)C1=O. The van der Waals surface area contributed by atoms with Gasteiger partial charge in [-0.25, -0.2) is 0 Å². The second-order valence-corrected chi connectivity index (χ2v) is 5.99. The lowest BCUT2D eigenvalue weighted by atomic mass is 9.93. The third kappa shape index (κ3) is 2.30. The molecule has 1 aliphatic heterocycles. The molecule has 2 aromatic carbocycles. The number of nitro benzene ring substituents is 1. The molecule has 2 aromatic rings. The molecule has 3 rings (SSSR count). The molecule has 118 valence electrons. The number of nitrogens with zero attached hydrogens (tertiary/aromatic N) is 2. The Kier molecular flexibility index (Phi) is 3.87. The molecule has 8 heteroatoms. The van der Waals surface area contributed by atoms with Crippen LogP contribution in [0.4, 0.5) is 5.69 Å². The Labute approximate surface area is 139 Å². The van der Waals surface area contributed by atoms with Gasteiger partial charge in [0.2, 0.25) is 0 Å². The molecule has 0 saturated carbocycles. The van der Waals surface area contributed by atoms with E-state index in [1.54, 1.807) is 12.1 Å². The summed E-state index contributed by atoms with van der Waals surface area (Å²) in [4.78, 5) is 37.1. The molecule has 0 saturated heterocycles. The number of hydrogen-bond acceptors (Lipinski definition) is 5. The Morgan fingerprint density at radius 3 is 2.26 bits per heavy atom. The van der Waals surface area contributed by atoms with Gasteiger partial charge in [-0.05, 0) is 47.1 Å². The maximum atomic E-state index is 12.6. The number of nitrogens with two attached hydrogens (primary N) is 1. The molecule has 0 radical (unpaired) electrons. The van der Waals surface area contributed by atoms with Crippen molar-refractivity contribution in [1.29, 1.82) is 0 Å². The number of rotatable bonds is 4. The third-order valence-electron chi connectivity index (χ3n) is 3.82. The Morgan fingerprint density at radius 1 is 1.09 bits per heavy atom. The van der Waals surface area contributed by atoms with Gasteiger partial charge in [-0.15, -0.1) is 0 Å². The fourth-order valence-electron chi connectivity index (χ4n) is 2.78. The van der Waals surface area contributed by atoms with Crippen LogP contribution < -0.4 is 5.73 Å². The van der Waals surface area contributed by atoms with Crippen LogP contribution in [0.5, 0.6) is 0 Å². The number of hydrogen-bond donors (Lipinski definition) is 1. The lowest BCUT2D eigenvalue weighted by Gasteiger charge is -2.27. The number of non-ortho nitro benzene ring substituents is 1. The fraction of sp³-hybridized carbons (Fsp3) is 0.200. The van der Waals surface area contributed by atoms with Gasteiger partial charge < -0.3 is 5.73 Å². The van der Waals surface area contributed by atoms with Crippen LogP contribution in [-0.4, -0.2) is 34.7 Å². The topological polar surface area (TPSA) is 107 Å². The minimum absolute atomic E-state index is 0.145. The number of imide groups is 1. The number of benzene rings is 2. The summed E-state index contributed by atoms with van der Waals surface area (Å²) < 4.78 is 0.473. The highest BCUT2D eigenvalue weighted by atomic mass is 79.9. The first kappa shape index (κ1) is 15.6. The first-order chi connectivity index (χ1) is 11.0. The number of nitro groups is 1. The van der Waals surface area contributed by atoms with Gasteiger partial charge in [-0.3, -0.25) is 24.6 Å². The third-order valence-corrected chi connectivity index (χ3v) is 4.48. The molecule has 0 bridgehead atoms.